The molecule has 0 spiro atoms. The van der Waals surface area contributed by atoms with Crippen molar-refractivity contribution in [3.8, 4) is 0 Å². The number of carbonyl (C=O) groups is 1. The Morgan fingerprint density at radius 1 is 1.29 bits per heavy atom. The Balaban J connectivity index is 2.39. The third kappa shape index (κ3) is 2.14. The number of nitrogens with zero attached hydrogens (tertiary/aromatic N) is 2. The van der Waals surface area contributed by atoms with E-state index in [1.54, 1.807) is 4.90 Å². The molecule has 4 nitrogen and oxygen atoms in total. The maximum Gasteiger partial charge on any atom is 0.270 e. The van der Waals surface area contributed by atoms with E-state index in [1.165, 1.54) is 16.5 Å². The Kier molecular flexibility index (Phi) is 3.49. The van der Waals surface area contributed by atoms with Crippen LogP contribution < -0.4 is 0 Å². The van der Waals surface area contributed by atoms with Crippen LogP contribution >= 0.6 is 0 Å². The van der Waals surface area contributed by atoms with Gasteiger partial charge in [0.25, 0.3) is 5.91 Å². The molecule has 0 aliphatic carbocycles. The van der Waals surface area contributed by atoms with Crippen molar-refractivity contribution in [3.05, 3.63) is 34.5 Å². The highest BCUT2D eigenvalue weighted by molar-refractivity contribution is 6.03. The average Bonchev–Trinajstić information content (AvgIpc) is 2.64. The van der Waals surface area contributed by atoms with E-state index in [-0.39, 0.29) is 12.5 Å². The van der Waals surface area contributed by atoms with Crippen LogP contribution in [-0.2, 0) is 13.0 Å². The highest BCUT2D eigenvalue weighted by Gasteiger charge is 2.27. The van der Waals surface area contributed by atoms with E-state index in [0.717, 1.165) is 36.2 Å². The SMILES string of the molecule is Cc1cc(C)c2c(c1)c1c(n2CCO)C(=O)N(C)CCC1. The van der Waals surface area contributed by atoms with Crippen molar-refractivity contribution in [1.29, 1.82) is 0 Å². The van der Waals surface area contributed by atoms with Gasteiger partial charge in [-0.2, -0.15) is 0 Å². The zero-order chi connectivity index (χ0) is 15.1. The first-order chi connectivity index (χ1) is 10.0. The molecule has 2 aromatic rings. The van der Waals surface area contributed by atoms with Gasteiger partial charge in [-0.3, -0.25) is 4.79 Å². The number of fused-ring (bicyclic) bond motifs is 3. The van der Waals surface area contributed by atoms with Gasteiger partial charge in [-0.1, -0.05) is 11.6 Å². The third-order valence-corrected chi connectivity index (χ3v) is 4.39. The molecule has 0 saturated carbocycles. The number of hydrogen-bond donors (Lipinski definition) is 1. The number of aliphatic hydroxyl groups is 1. The Morgan fingerprint density at radius 2 is 2.05 bits per heavy atom. The Bertz CT molecular complexity index is 715. The molecule has 0 atom stereocenters. The highest BCUT2D eigenvalue weighted by atomic mass is 16.3. The number of rotatable bonds is 2. The minimum Gasteiger partial charge on any atom is -0.395 e. The van der Waals surface area contributed by atoms with Crippen LogP contribution in [-0.4, -0.2) is 40.7 Å². The van der Waals surface area contributed by atoms with Crippen molar-refractivity contribution in [3.63, 3.8) is 0 Å². The smallest absolute Gasteiger partial charge is 0.270 e. The molecule has 2 heterocycles. The van der Waals surface area contributed by atoms with Crippen LogP contribution in [0, 0.1) is 13.8 Å². The van der Waals surface area contributed by atoms with Crippen molar-refractivity contribution >= 4 is 16.8 Å². The van der Waals surface area contributed by atoms with E-state index >= 15 is 0 Å². The number of hydrogen-bond acceptors (Lipinski definition) is 2. The second-order valence-corrected chi connectivity index (χ2v) is 6.01. The van der Waals surface area contributed by atoms with Crippen molar-refractivity contribution in [2.45, 2.75) is 33.2 Å². The maximum atomic E-state index is 12.7. The monoisotopic (exact) mass is 286 g/mol. The predicted molar refractivity (Wildman–Crippen MR) is 83.8 cm³/mol. The fourth-order valence-corrected chi connectivity index (χ4v) is 3.55. The molecule has 0 fully saturated rings. The largest absolute Gasteiger partial charge is 0.395 e. The quantitative estimate of drug-likeness (QED) is 0.920. The second kappa shape index (κ2) is 5.19. The molecule has 1 aromatic heterocycles. The minimum atomic E-state index is 0.0422. The Labute approximate surface area is 125 Å². The Morgan fingerprint density at radius 3 is 2.76 bits per heavy atom. The molecule has 0 radical (unpaired) electrons. The number of carbonyl (C=O) groups excluding carboxylic acids is 1. The molecular weight excluding hydrogens is 264 g/mol. The summed E-state index contributed by atoms with van der Waals surface area (Å²) in [6.07, 6.45) is 1.91. The number of benzene rings is 1. The predicted octanol–water partition coefficient (Wildman–Crippen LogP) is 2.27. The van der Waals surface area contributed by atoms with Gasteiger partial charge >= 0.3 is 0 Å². The van der Waals surface area contributed by atoms with Crippen LogP contribution in [0.15, 0.2) is 12.1 Å². The summed E-state index contributed by atoms with van der Waals surface area (Å²) >= 11 is 0. The number of amides is 1. The van der Waals surface area contributed by atoms with Gasteiger partial charge in [0.2, 0.25) is 0 Å². The van der Waals surface area contributed by atoms with E-state index in [0.29, 0.717) is 6.54 Å². The molecule has 1 N–H and O–H groups in total. The summed E-state index contributed by atoms with van der Waals surface area (Å²) in [7, 11) is 1.86. The van der Waals surface area contributed by atoms with Crippen molar-refractivity contribution in [2.75, 3.05) is 20.2 Å². The normalized spacial score (nSPS) is 15.4. The molecule has 0 saturated heterocycles. The van der Waals surface area contributed by atoms with Crippen LogP contribution in [0.2, 0.25) is 0 Å². The third-order valence-electron chi connectivity index (χ3n) is 4.39. The first-order valence-electron chi connectivity index (χ1n) is 7.53. The molecule has 1 aliphatic heterocycles. The Hall–Kier alpha value is -1.81. The van der Waals surface area contributed by atoms with Crippen molar-refractivity contribution in [1.82, 2.24) is 9.47 Å². The summed E-state index contributed by atoms with van der Waals surface area (Å²) in [6, 6.07) is 4.32. The molecule has 112 valence electrons. The van der Waals surface area contributed by atoms with Crippen LogP contribution in [0.1, 0.15) is 33.6 Å². The zero-order valence-electron chi connectivity index (χ0n) is 12.9. The van der Waals surface area contributed by atoms with Gasteiger partial charge in [-0.25, -0.2) is 0 Å². The molecule has 0 unspecified atom stereocenters. The molecule has 1 amide bonds. The van der Waals surface area contributed by atoms with E-state index in [4.69, 9.17) is 0 Å². The second-order valence-electron chi connectivity index (χ2n) is 6.01. The van der Waals surface area contributed by atoms with Crippen LogP contribution in [0.3, 0.4) is 0 Å². The van der Waals surface area contributed by atoms with E-state index in [9.17, 15) is 9.90 Å². The van der Waals surface area contributed by atoms with E-state index < -0.39 is 0 Å². The summed E-state index contributed by atoms with van der Waals surface area (Å²) in [5.74, 6) is 0.0733. The standard InChI is InChI=1S/C17H22N2O2/c1-11-9-12(2)15-14(10-11)13-5-4-6-18(3)17(21)16(13)19(15)7-8-20/h9-10,20H,4-8H2,1-3H3. The zero-order valence-corrected chi connectivity index (χ0v) is 12.9. The lowest BCUT2D eigenvalue weighted by Gasteiger charge is -2.16. The lowest BCUT2D eigenvalue weighted by Crippen LogP contribution is -2.28. The summed E-state index contributed by atoms with van der Waals surface area (Å²) in [4.78, 5) is 14.5. The highest BCUT2D eigenvalue weighted by Crippen LogP contribution is 2.33. The maximum absolute atomic E-state index is 12.7. The van der Waals surface area contributed by atoms with E-state index in [1.807, 2.05) is 11.6 Å². The van der Waals surface area contributed by atoms with Crippen molar-refractivity contribution in [2.24, 2.45) is 0 Å². The number of aromatic nitrogens is 1. The van der Waals surface area contributed by atoms with E-state index in [2.05, 4.69) is 26.0 Å². The molecular formula is C17H22N2O2. The van der Waals surface area contributed by atoms with Crippen LogP contribution in [0.5, 0.6) is 0 Å². The van der Waals surface area contributed by atoms with Gasteiger partial charge in [-0.15, -0.1) is 0 Å². The fourth-order valence-electron chi connectivity index (χ4n) is 3.55. The minimum absolute atomic E-state index is 0.0422. The molecule has 3 rings (SSSR count). The van der Waals surface area contributed by atoms with Gasteiger partial charge in [-0.05, 0) is 43.9 Å². The lowest BCUT2D eigenvalue weighted by atomic mass is 10.0. The topological polar surface area (TPSA) is 45.5 Å². The van der Waals surface area contributed by atoms with Gasteiger partial charge in [0.15, 0.2) is 0 Å². The van der Waals surface area contributed by atoms with Crippen LogP contribution in [0.4, 0.5) is 0 Å². The fraction of sp³-hybridized carbons (Fsp3) is 0.471. The first kappa shape index (κ1) is 14.1. The molecule has 4 heteroatoms. The molecule has 1 aliphatic rings. The summed E-state index contributed by atoms with van der Waals surface area (Å²) in [6.45, 7) is 5.47. The summed E-state index contributed by atoms with van der Waals surface area (Å²) in [5.41, 5.74) is 5.41. The summed E-state index contributed by atoms with van der Waals surface area (Å²) in [5, 5.41) is 10.6. The lowest BCUT2D eigenvalue weighted by molar-refractivity contribution is 0.0789. The molecule has 21 heavy (non-hydrogen) atoms. The molecule has 1 aromatic carbocycles. The summed E-state index contributed by atoms with van der Waals surface area (Å²) < 4.78 is 2.02. The van der Waals surface area contributed by atoms with Crippen LogP contribution in [0.25, 0.3) is 10.9 Å². The van der Waals surface area contributed by atoms with Crippen molar-refractivity contribution < 1.29 is 9.90 Å². The average molecular weight is 286 g/mol. The number of aliphatic hydroxyl groups excluding tert-OH is 1. The van der Waals surface area contributed by atoms with Gasteiger partial charge in [0, 0.05) is 25.5 Å². The number of aryl methyl sites for hydroxylation is 3. The van der Waals surface area contributed by atoms with Gasteiger partial charge in [0.05, 0.1) is 12.1 Å². The van der Waals surface area contributed by atoms with Gasteiger partial charge < -0.3 is 14.6 Å². The first-order valence-corrected chi connectivity index (χ1v) is 7.53. The van der Waals surface area contributed by atoms with Gasteiger partial charge in [0.1, 0.15) is 5.69 Å². The molecule has 0 bridgehead atoms.